The first kappa shape index (κ1) is 19.1. The SMILES string of the molecule is CCCC(=O)c1cn(CC(=O)N2CCOCC(C(=O)O)C2)c2ccccc12. The van der Waals surface area contributed by atoms with E-state index >= 15 is 0 Å². The maximum atomic E-state index is 12.8. The third kappa shape index (κ3) is 4.19. The molecule has 7 heteroatoms. The maximum absolute atomic E-state index is 12.8. The number of rotatable bonds is 6. The molecule has 0 aliphatic carbocycles. The fourth-order valence-electron chi connectivity index (χ4n) is 3.39. The van der Waals surface area contributed by atoms with Crippen LogP contribution in [0.5, 0.6) is 0 Å². The first-order valence-electron chi connectivity index (χ1n) is 9.20. The minimum Gasteiger partial charge on any atom is -0.481 e. The number of carbonyl (C=O) groups excluding carboxylic acids is 2. The van der Waals surface area contributed by atoms with Crippen LogP contribution in [0.15, 0.2) is 30.5 Å². The number of Topliss-reactive ketones (excluding diaryl/α,β-unsaturated/α-hetero) is 1. The predicted molar refractivity (Wildman–Crippen MR) is 99.7 cm³/mol. The molecule has 1 aliphatic heterocycles. The molecule has 3 rings (SSSR count). The maximum Gasteiger partial charge on any atom is 0.310 e. The summed E-state index contributed by atoms with van der Waals surface area (Å²) in [5, 5.41) is 10.1. The number of fused-ring (bicyclic) bond motifs is 1. The highest BCUT2D eigenvalue weighted by Gasteiger charge is 2.27. The second-order valence-corrected chi connectivity index (χ2v) is 6.81. The molecule has 1 saturated heterocycles. The lowest BCUT2D eigenvalue weighted by Crippen LogP contribution is -2.39. The lowest BCUT2D eigenvalue weighted by Gasteiger charge is -2.22. The van der Waals surface area contributed by atoms with Crippen LogP contribution in [0, 0.1) is 5.92 Å². The molecule has 1 aromatic heterocycles. The Hall–Kier alpha value is -2.67. The topological polar surface area (TPSA) is 88.8 Å². The van der Waals surface area contributed by atoms with E-state index in [1.54, 1.807) is 10.8 Å². The summed E-state index contributed by atoms with van der Waals surface area (Å²) in [5.74, 6) is -1.80. The molecular formula is C20H24N2O5. The van der Waals surface area contributed by atoms with Gasteiger partial charge in [0, 0.05) is 42.2 Å². The Kier molecular flexibility index (Phi) is 5.91. The Morgan fingerprint density at radius 2 is 2.04 bits per heavy atom. The summed E-state index contributed by atoms with van der Waals surface area (Å²) in [7, 11) is 0. The summed E-state index contributed by atoms with van der Waals surface area (Å²) < 4.78 is 7.09. The molecule has 1 atom stereocenters. The second kappa shape index (κ2) is 8.35. The van der Waals surface area contributed by atoms with Crippen LogP contribution in [-0.4, -0.2) is 58.5 Å². The Morgan fingerprint density at radius 3 is 2.78 bits per heavy atom. The Bertz CT molecular complexity index is 857. The van der Waals surface area contributed by atoms with Gasteiger partial charge in [-0.15, -0.1) is 0 Å². The van der Waals surface area contributed by atoms with Crippen molar-refractivity contribution in [1.82, 2.24) is 9.47 Å². The van der Waals surface area contributed by atoms with Crippen LogP contribution < -0.4 is 0 Å². The molecule has 27 heavy (non-hydrogen) atoms. The van der Waals surface area contributed by atoms with Gasteiger partial charge in [0.2, 0.25) is 5.91 Å². The average Bonchev–Trinajstić information content (AvgIpc) is 2.84. The molecule has 1 aromatic carbocycles. The minimum absolute atomic E-state index is 0.0618. The van der Waals surface area contributed by atoms with Crippen molar-refractivity contribution in [2.24, 2.45) is 5.92 Å². The molecule has 7 nitrogen and oxygen atoms in total. The Morgan fingerprint density at radius 1 is 1.26 bits per heavy atom. The molecule has 0 saturated carbocycles. The highest BCUT2D eigenvalue weighted by Crippen LogP contribution is 2.23. The minimum atomic E-state index is -0.964. The molecule has 144 valence electrons. The summed E-state index contributed by atoms with van der Waals surface area (Å²) in [4.78, 5) is 38.1. The van der Waals surface area contributed by atoms with Crippen molar-refractivity contribution in [1.29, 1.82) is 0 Å². The molecule has 0 radical (unpaired) electrons. The van der Waals surface area contributed by atoms with Gasteiger partial charge in [0.15, 0.2) is 5.78 Å². The zero-order chi connectivity index (χ0) is 19.4. The van der Waals surface area contributed by atoms with E-state index in [1.165, 1.54) is 4.90 Å². The summed E-state index contributed by atoms with van der Waals surface area (Å²) in [5.41, 5.74) is 1.45. The van der Waals surface area contributed by atoms with Crippen molar-refractivity contribution in [3.8, 4) is 0 Å². The van der Waals surface area contributed by atoms with Gasteiger partial charge < -0.3 is 19.3 Å². The number of aromatic nitrogens is 1. The summed E-state index contributed by atoms with van der Waals surface area (Å²) >= 11 is 0. The number of aliphatic carboxylic acids is 1. The van der Waals surface area contributed by atoms with Crippen LogP contribution in [0.4, 0.5) is 0 Å². The fourth-order valence-corrected chi connectivity index (χ4v) is 3.39. The van der Waals surface area contributed by atoms with E-state index in [-0.39, 0.29) is 31.4 Å². The largest absolute Gasteiger partial charge is 0.481 e. The number of hydrogen-bond donors (Lipinski definition) is 1. The third-order valence-electron chi connectivity index (χ3n) is 4.84. The van der Waals surface area contributed by atoms with Crippen LogP contribution in [0.3, 0.4) is 0 Å². The number of para-hydroxylation sites is 1. The van der Waals surface area contributed by atoms with Gasteiger partial charge in [0.05, 0.1) is 19.1 Å². The molecule has 1 fully saturated rings. The van der Waals surface area contributed by atoms with E-state index < -0.39 is 11.9 Å². The number of amides is 1. The van der Waals surface area contributed by atoms with E-state index in [1.807, 2.05) is 31.2 Å². The van der Waals surface area contributed by atoms with Gasteiger partial charge in [0.25, 0.3) is 0 Å². The van der Waals surface area contributed by atoms with Gasteiger partial charge in [-0.25, -0.2) is 0 Å². The average molecular weight is 372 g/mol. The highest BCUT2D eigenvalue weighted by molar-refractivity contribution is 6.08. The Labute approximate surface area is 157 Å². The zero-order valence-electron chi connectivity index (χ0n) is 15.4. The summed E-state index contributed by atoms with van der Waals surface area (Å²) in [6.07, 6.45) is 2.97. The van der Waals surface area contributed by atoms with E-state index in [2.05, 4.69) is 0 Å². The van der Waals surface area contributed by atoms with Gasteiger partial charge in [-0.3, -0.25) is 14.4 Å². The van der Waals surface area contributed by atoms with Crippen LogP contribution in [0.1, 0.15) is 30.1 Å². The number of benzene rings is 1. The van der Waals surface area contributed by atoms with Gasteiger partial charge in [-0.1, -0.05) is 25.1 Å². The van der Waals surface area contributed by atoms with Crippen LogP contribution >= 0.6 is 0 Å². The molecule has 2 heterocycles. The molecule has 1 N–H and O–H groups in total. The van der Waals surface area contributed by atoms with Crippen LogP contribution in [0.25, 0.3) is 10.9 Å². The first-order valence-corrected chi connectivity index (χ1v) is 9.20. The van der Waals surface area contributed by atoms with Gasteiger partial charge in [-0.05, 0) is 12.5 Å². The summed E-state index contributed by atoms with van der Waals surface area (Å²) in [6, 6.07) is 7.52. The molecular weight excluding hydrogens is 348 g/mol. The number of hydrogen-bond acceptors (Lipinski definition) is 4. The molecule has 0 spiro atoms. The number of ether oxygens (including phenoxy) is 1. The normalized spacial score (nSPS) is 17.7. The van der Waals surface area contributed by atoms with Crippen molar-refractivity contribution < 1.29 is 24.2 Å². The molecule has 1 amide bonds. The van der Waals surface area contributed by atoms with E-state index in [4.69, 9.17) is 4.74 Å². The Balaban J connectivity index is 1.84. The molecule has 0 bridgehead atoms. The quantitative estimate of drug-likeness (QED) is 0.785. The van der Waals surface area contributed by atoms with Crippen LogP contribution in [-0.2, 0) is 20.9 Å². The van der Waals surface area contributed by atoms with Gasteiger partial charge in [-0.2, -0.15) is 0 Å². The first-order chi connectivity index (χ1) is 13.0. The fraction of sp³-hybridized carbons (Fsp3) is 0.450. The number of carboxylic acids is 1. The van der Waals surface area contributed by atoms with Crippen molar-refractivity contribution in [3.05, 3.63) is 36.0 Å². The second-order valence-electron chi connectivity index (χ2n) is 6.81. The van der Waals surface area contributed by atoms with Gasteiger partial charge >= 0.3 is 5.97 Å². The summed E-state index contributed by atoms with van der Waals surface area (Å²) in [6.45, 7) is 2.95. The van der Waals surface area contributed by atoms with Crippen molar-refractivity contribution >= 4 is 28.6 Å². The van der Waals surface area contributed by atoms with E-state index in [0.29, 0.717) is 25.1 Å². The zero-order valence-corrected chi connectivity index (χ0v) is 15.4. The van der Waals surface area contributed by atoms with Crippen molar-refractivity contribution in [2.45, 2.75) is 26.3 Å². The van der Waals surface area contributed by atoms with E-state index in [9.17, 15) is 19.5 Å². The predicted octanol–water partition coefficient (Wildman–Crippen LogP) is 2.18. The standard InChI is InChI=1S/C20H24N2O5/c1-2-5-18(23)16-11-22(17-7-4-3-6-15(16)17)12-19(24)21-8-9-27-13-14(10-21)20(25)26/h3-4,6-7,11,14H,2,5,8-10,12-13H2,1H3,(H,25,26). The highest BCUT2D eigenvalue weighted by atomic mass is 16.5. The number of carboxylic acid groups (broad SMARTS) is 1. The molecule has 2 aromatic rings. The number of ketones is 1. The van der Waals surface area contributed by atoms with Crippen LogP contribution in [0.2, 0.25) is 0 Å². The lowest BCUT2D eigenvalue weighted by atomic mass is 10.1. The van der Waals surface area contributed by atoms with Crippen molar-refractivity contribution in [2.75, 3.05) is 26.3 Å². The van der Waals surface area contributed by atoms with Crippen molar-refractivity contribution in [3.63, 3.8) is 0 Å². The third-order valence-corrected chi connectivity index (χ3v) is 4.84. The lowest BCUT2D eigenvalue weighted by molar-refractivity contribution is -0.144. The molecule has 1 unspecified atom stereocenters. The smallest absolute Gasteiger partial charge is 0.310 e. The van der Waals surface area contributed by atoms with Gasteiger partial charge in [0.1, 0.15) is 6.54 Å². The number of nitrogens with zero attached hydrogens (tertiary/aromatic N) is 2. The molecule has 1 aliphatic rings. The van der Waals surface area contributed by atoms with E-state index in [0.717, 1.165) is 17.3 Å². The monoisotopic (exact) mass is 372 g/mol. The number of carbonyl (C=O) groups is 3.